The molecule has 23 heavy (non-hydrogen) atoms. The first-order valence-electron chi connectivity index (χ1n) is 8.15. The largest absolute Gasteiger partial charge is 0.495 e. The lowest BCUT2D eigenvalue weighted by atomic mass is 9.93. The van der Waals surface area contributed by atoms with E-state index in [0.29, 0.717) is 0 Å². The molecule has 1 heteroatoms. The van der Waals surface area contributed by atoms with Crippen molar-refractivity contribution in [2.75, 3.05) is 7.11 Å². The highest BCUT2D eigenvalue weighted by Crippen LogP contribution is 2.40. The maximum Gasteiger partial charge on any atom is 0.134 e. The SMILES string of the molecule is CCCc1cc(-c2ccccc2)c(OC)c(-c2ccccc2)c1. The average molecular weight is 302 g/mol. The van der Waals surface area contributed by atoms with Crippen LogP contribution in [0.3, 0.4) is 0 Å². The van der Waals surface area contributed by atoms with E-state index in [0.717, 1.165) is 29.7 Å². The molecule has 0 aromatic heterocycles. The first-order chi connectivity index (χ1) is 11.3. The van der Waals surface area contributed by atoms with E-state index in [4.69, 9.17) is 4.74 Å². The summed E-state index contributed by atoms with van der Waals surface area (Å²) >= 11 is 0. The highest BCUT2D eigenvalue weighted by atomic mass is 16.5. The molecule has 3 aromatic rings. The summed E-state index contributed by atoms with van der Waals surface area (Å²) in [7, 11) is 1.76. The van der Waals surface area contributed by atoms with Gasteiger partial charge in [-0.05, 0) is 35.2 Å². The van der Waals surface area contributed by atoms with Gasteiger partial charge in [-0.3, -0.25) is 0 Å². The number of hydrogen-bond donors (Lipinski definition) is 0. The molecule has 0 unspecified atom stereocenters. The van der Waals surface area contributed by atoms with Crippen molar-refractivity contribution in [1.29, 1.82) is 0 Å². The van der Waals surface area contributed by atoms with E-state index >= 15 is 0 Å². The number of ether oxygens (including phenoxy) is 1. The van der Waals surface area contributed by atoms with Crippen LogP contribution in [-0.4, -0.2) is 7.11 Å². The summed E-state index contributed by atoms with van der Waals surface area (Å²) < 4.78 is 5.82. The van der Waals surface area contributed by atoms with E-state index in [1.54, 1.807) is 7.11 Å². The second kappa shape index (κ2) is 7.15. The Morgan fingerprint density at radius 2 is 1.22 bits per heavy atom. The van der Waals surface area contributed by atoms with E-state index in [1.165, 1.54) is 16.7 Å². The van der Waals surface area contributed by atoms with Crippen LogP contribution < -0.4 is 4.74 Å². The molecule has 116 valence electrons. The minimum atomic E-state index is 0.947. The van der Waals surface area contributed by atoms with Crippen LogP contribution >= 0.6 is 0 Å². The average Bonchev–Trinajstić information content (AvgIpc) is 2.63. The number of hydrogen-bond acceptors (Lipinski definition) is 1. The van der Waals surface area contributed by atoms with Crippen molar-refractivity contribution in [2.45, 2.75) is 19.8 Å². The Morgan fingerprint density at radius 3 is 1.61 bits per heavy atom. The summed E-state index contributed by atoms with van der Waals surface area (Å²) in [6.07, 6.45) is 2.21. The van der Waals surface area contributed by atoms with E-state index in [9.17, 15) is 0 Å². The van der Waals surface area contributed by atoms with Crippen LogP contribution in [0.4, 0.5) is 0 Å². The lowest BCUT2D eigenvalue weighted by Crippen LogP contribution is -1.95. The summed E-state index contributed by atoms with van der Waals surface area (Å²) in [6, 6.07) is 25.5. The van der Waals surface area contributed by atoms with Gasteiger partial charge in [0.2, 0.25) is 0 Å². The third-order valence-electron chi connectivity index (χ3n) is 4.06. The molecular formula is C22H22O. The first kappa shape index (κ1) is 15.4. The fraction of sp³-hybridized carbons (Fsp3) is 0.182. The molecule has 0 bridgehead atoms. The normalized spacial score (nSPS) is 10.5. The zero-order valence-corrected chi connectivity index (χ0v) is 13.8. The molecular weight excluding hydrogens is 280 g/mol. The van der Waals surface area contributed by atoms with Crippen LogP contribution in [0.2, 0.25) is 0 Å². The lowest BCUT2D eigenvalue weighted by molar-refractivity contribution is 0.418. The van der Waals surface area contributed by atoms with Crippen molar-refractivity contribution in [1.82, 2.24) is 0 Å². The van der Waals surface area contributed by atoms with Gasteiger partial charge in [0, 0.05) is 11.1 Å². The number of methoxy groups -OCH3 is 1. The molecule has 0 aliphatic heterocycles. The fourth-order valence-electron chi connectivity index (χ4n) is 3.01. The van der Waals surface area contributed by atoms with E-state index in [1.807, 2.05) is 12.1 Å². The third-order valence-corrected chi connectivity index (χ3v) is 4.06. The summed E-state index contributed by atoms with van der Waals surface area (Å²) in [6.45, 7) is 2.22. The van der Waals surface area contributed by atoms with Gasteiger partial charge in [0.05, 0.1) is 7.11 Å². The molecule has 0 spiro atoms. The molecule has 0 heterocycles. The minimum absolute atomic E-state index is 0.947. The maximum absolute atomic E-state index is 5.82. The molecule has 0 aliphatic carbocycles. The standard InChI is InChI=1S/C22H22O/c1-3-10-17-15-20(18-11-6-4-7-12-18)22(23-2)21(16-17)19-13-8-5-9-14-19/h4-9,11-16H,3,10H2,1-2H3. The lowest BCUT2D eigenvalue weighted by Gasteiger charge is -2.17. The molecule has 0 saturated carbocycles. The van der Waals surface area contributed by atoms with Gasteiger partial charge >= 0.3 is 0 Å². The van der Waals surface area contributed by atoms with Gasteiger partial charge in [0.1, 0.15) is 5.75 Å². The number of rotatable bonds is 5. The predicted octanol–water partition coefficient (Wildman–Crippen LogP) is 5.98. The highest BCUT2D eigenvalue weighted by Gasteiger charge is 2.14. The van der Waals surface area contributed by atoms with Crippen LogP contribution in [0.25, 0.3) is 22.3 Å². The van der Waals surface area contributed by atoms with Crippen LogP contribution in [0.15, 0.2) is 72.8 Å². The Balaban J connectivity index is 2.24. The first-order valence-corrected chi connectivity index (χ1v) is 8.15. The topological polar surface area (TPSA) is 9.23 Å². The predicted molar refractivity (Wildman–Crippen MR) is 97.9 cm³/mol. The van der Waals surface area contributed by atoms with Crippen molar-refractivity contribution in [2.24, 2.45) is 0 Å². The van der Waals surface area contributed by atoms with Gasteiger partial charge in [0.25, 0.3) is 0 Å². The Hall–Kier alpha value is -2.54. The van der Waals surface area contributed by atoms with Gasteiger partial charge in [-0.15, -0.1) is 0 Å². The van der Waals surface area contributed by atoms with Crippen molar-refractivity contribution in [3.8, 4) is 28.0 Å². The van der Waals surface area contributed by atoms with Gasteiger partial charge in [0.15, 0.2) is 0 Å². The zero-order chi connectivity index (χ0) is 16.1. The summed E-state index contributed by atoms with van der Waals surface area (Å²) in [5.41, 5.74) is 6.07. The Kier molecular flexibility index (Phi) is 4.77. The van der Waals surface area contributed by atoms with Crippen molar-refractivity contribution < 1.29 is 4.74 Å². The number of aryl methyl sites for hydroxylation is 1. The second-order valence-corrected chi connectivity index (χ2v) is 5.71. The van der Waals surface area contributed by atoms with Crippen molar-refractivity contribution >= 4 is 0 Å². The molecule has 0 saturated heterocycles. The molecule has 0 amide bonds. The maximum atomic E-state index is 5.82. The highest BCUT2D eigenvalue weighted by molar-refractivity contribution is 5.83. The van der Waals surface area contributed by atoms with Gasteiger partial charge in [-0.1, -0.05) is 74.0 Å². The molecule has 3 aromatic carbocycles. The summed E-state index contributed by atoms with van der Waals surface area (Å²) in [5, 5.41) is 0. The molecule has 0 fully saturated rings. The Morgan fingerprint density at radius 1 is 0.739 bits per heavy atom. The Bertz CT molecular complexity index is 700. The van der Waals surface area contributed by atoms with E-state index < -0.39 is 0 Å². The smallest absolute Gasteiger partial charge is 0.134 e. The van der Waals surface area contributed by atoms with E-state index in [2.05, 4.69) is 67.6 Å². The second-order valence-electron chi connectivity index (χ2n) is 5.71. The minimum Gasteiger partial charge on any atom is -0.495 e. The zero-order valence-electron chi connectivity index (χ0n) is 13.8. The van der Waals surface area contributed by atoms with Gasteiger partial charge in [-0.25, -0.2) is 0 Å². The van der Waals surface area contributed by atoms with Crippen molar-refractivity contribution in [3.63, 3.8) is 0 Å². The number of benzene rings is 3. The quantitative estimate of drug-likeness (QED) is 0.563. The van der Waals surface area contributed by atoms with Gasteiger partial charge in [-0.2, -0.15) is 0 Å². The van der Waals surface area contributed by atoms with Crippen LogP contribution in [0, 0.1) is 0 Å². The molecule has 0 N–H and O–H groups in total. The summed E-state index contributed by atoms with van der Waals surface area (Å²) in [5.74, 6) is 0.947. The molecule has 3 rings (SSSR count). The van der Waals surface area contributed by atoms with Crippen LogP contribution in [-0.2, 0) is 6.42 Å². The summed E-state index contributed by atoms with van der Waals surface area (Å²) in [4.78, 5) is 0. The van der Waals surface area contributed by atoms with Crippen molar-refractivity contribution in [3.05, 3.63) is 78.4 Å². The fourth-order valence-corrected chi connectivity index (χ4v) is 3.01. The molecule has 0 radical (unpaired) electrons. The van der Waals surface area contributed by atoms with Crippen LogP contribution in [0.1, 0.15) is 18.9 Å². The van der Waals surface area contributed by atoms with Crippen LogP contribution in [0.5, 0.6) is 5.75 Å². The molecule has 1 nitrogen and oxygen atoms in total. The molecule has 0 atom stereocenters. The Labute approximate surface area is 138 Å². The third kappa shape index (κ3) is 3.29. The van der Waals surface area contributed by atoms with E-state index in [-0.39, 0.29) is 0 Å². The van der Waals surface area contributed by atoms with Gasteiger partial charge < -0.3 is 4.74 Å². The molecule has 0 aliphatic rings. The monoisotopic (exact) mass is 302 g/mol.